The second-order valence-corrected chi connectivity index (χ2v) is 7.32. The van der Waals surface area contributed by atoms with Crippen molar-refractivity contribution in [2.24, 2.45) is 0 Å². The Bertz CT molecular complexity index is 575. The highest BCUT2D eigenvalue weighted by molar-refractivity contribution is 7.12. The molecule has 2 fully saturated rings. The van der Waals surface area contributed by atoms with Crippen LogP contribution in [0.25, 0.3) is 0 Å². The van der Waals surface area contributed by atoms with Crippen LogP contribution in [-0.2, 0) is 4.74 Å². The maximum absolute atomic E-state index is 12.5. The molecule has 0 bridgehead atoms. The average Bonchev–Trinajstić information content (AvgIpc) is 3.10. The van der Waals surface area contributed by atoms with Gasteiger partial charge in [0.25, 0.3) is 0 Å². The van der Waals surface area contributed by atoms with Crippen LogP contribution >= 0.6 is 11.3 Å². The molecule has 2 aliphatic rings. The fourth-order valence-electron chi connectivity index (χ4n) is 3.59. The van der Waals surface area contributed by atoms with E-state index in [1.54, 1.807) is 11.4 Å². The number of ether oxygens (including phenoxy) is 1. The van der Waals surface area contributed by atoms with Crippen LogP contribution in [0.15, 0.2) is 11.4 Å². The van der Waals surface area contributed by atoms with Crippen LogP contribution in [0, 0.1) is 0 Å². The van der Waals surface area contributed by atoms with E-state index in [0.29, 0.717) is 16.6 Å². The van der Waals surface area contributed by atoms with Crippen LogP contribution in [0.1, 0.15) is 41.8 Å². The number of hydrogen-bond acceptors (Lipinski definition) is 5. The Morgan fingerprint density at radius 1 is 1.17 bits per heavy atom. The van der Waals surface area contributed by atoms with Crippen molar-refractivity contribution in [3.8, 4) is 0 Å². The normalized spacial score (nSPS) is 20.0. The standard InChI is InChI=1S/C17H25N3O3S/c1-23-16(21)15-14(7-12-24-15)18-17(22)20-10-8-19(9-11-20)13-5-3-2-4-6-13/h7,12-13H,2-6,8-11H2,1H3,(H,18,22). The maximum Gasteiger partial charge on any atom is 0.350 e. The van der Waals surface area contributed by atoms with Gasteiger partial charge in [0.2, 0.25) is 0 Å². The van der Waals surface area contributed by atoms with Crippen molar-refractivity contribution in [1.29, 1.82) is 0 Å². The third-order valence-electron chi connectivity index (χ3n) is 4.97. The van der Waals surface area contributed by atoms with E-state index in [1.807, 2.05) is 4.90 Å². The molecule has 24 heavy (non-hydrogen) atoms. The number of anilines is 1. The SMILES string of the molecule is COC(=O)c1sccc1NC(=O)N1CCN(C2CCCCC2)CC1. The number of nitrogens with zero attached hydrogens (tertiary/aromatic N) is 2. The lowest BCUT2D eigenvalue weighted by atomic mass is 9.94. The van der Waals surface area contributed by atoms with Crippen LogP contribution in [-0.4, -0.2) is 61.1 Å². The summed E-state index contributed by atoms with van der Waals surface area (Å²) in [6.45, 7) is 3.34. The van der Waals surface area contributed by atoms with E-state index in [-0.39, 0.29) is 6.03 Å². The van der Waals surface area contributed by atoms with Gasteiger partial charge < -0.3 is 15.0 Å². The van der Waals surface area contributed by atoms with Gasteiger partial charge in [0.15, 0.2) is 0 Å². The Balaban J connectivity index is 1.52. The molecule has 0 atom stereocenters. The second-order valence-electron chi connectivity index (χ2n) is 6.40. The molecule has 3 rings (SSSR count). The summed E-state index contributed by atoms with van der Waals surface area (Å²) >= 11 is 1.27. The number of methoxy groups -OCH3 is 1. The summed E-state index contributed by atoms with van der Waals surface area (Å²) < 4.78 is 4.74. The van der Waals surface area contributed by atoms with E-state index >= 15 is 0 Å². The highest BCUT2D eigenvalue weighted by atomic mass is 32.1. The monoisotopic (exact) mass is 351 g/mol. The van der Waals surface area contributed by atoms with Crippen LogP contribution in [0.3, 0.4) is 0 Å². The first-order valence-electron chi connectivity index (χ1n) is 8.65. The lowest BCUT2D eigenvalue weighted by Crippen LogP contribution is -2.53. The molecule has 0 aromatic carbocycles. The zero-order valence-electron chi connectivity index (χ0n) is 14.1. The average molecular weight is 351 g/mol. The molecule has 2 amide bonds. The fraction of sp³-hybridized carbons (Fsp3) is 0.647. The lowest BCUT2D eigenvalue weighted by Gasteiger charge is -2.40. The summed E-state index contributed by atoms with van der Waals surface area (Å²) in [6.07, 6.45) is 6.62. The van der Waals surface area contributed by atoms with Gasteiger partial charge in [-0.3, -0.25) is 4.90 Å². The summed E-state index contributed by atoms with van der Waals surface area (Å²) in [4.78, 5) is 29.0. The van der Waals surface area contributed by atoms with Crippen LogP contribution in [0.4, 0.5) is 10.5 Å². The van der Waals surface area contributed by atoms with Gasteiger partial charge in [-0.1, -0.05) is 19.3 Å². The highest BCUT2D eigenvalue weighted by Gasteiger charge is 2.27. The van der Waals surface area contributed by atoms with Gasteiger partial charge in [0, 0.05) is 32.2 Å². The first-order valence-corrected chi connectivity index (χ1v) is 9.53. The van der Waals surface area contributed by atoms with Crippen molar-refractivity contribution in [3.63, 3.8) is 0 Å². The lowest BCUT2D eigenvalue weighted by molar-refractivity contribution is 0.0607. The van der Waals surface area contributed by atoms with Crippen molar-refractivity contribution in [1.82, 2.24) is 9.80 Å². The minimum atomic E-state index is -0.414. The molecule has 0 radical (unpaired) electrons. The van der Waals surface area contributed by atoms with Crippen molar-refractivity contribution in [2.45, 2.75) is 38.1 Å². The molecule has 1 saturated carbocycles. The Hall–Kier alpha value is -1.60. The molecule has 0 spiro atoms. The van der Waals surface area contributed by atoms with Crippen LogP contribution < -0.4 is 5.32 Å². The number of carbonyl (C=O) groups is 2. The Labute approximate surface area is 146 Å². The number of esters is 1. The van der Waals surface area contributed by atoms with Gasteiger partial charge in [-0.2, -0.15) is 0 Å². The second kappa shape index (κ2) is 7.98. The predicted octanol–water partition coefficient (Wildman–Crippen LogP) is 3.02. The van der Waals surface area contributed by atoms with E-state index in [9.17, 15) is 9.59 Å². The minimum absolute atomic E-state index is 0.137. The summed E-state index contributed by atoms with van der Waals surface area (Å²) in [5.74, 6) is -0.414. The van der Waals surface area contributed by atoms with Gasteiger partial charge in [-0.05, 0) is 24.3 Å². The Kier molecular flexibility index (Phi) is 5.73. The maximum atomic E-state index is 12.5. The third-order valence-corrected chi connectivity index (χ3v) is 5.86. The minimum Gasteiger partial charge on any atom is -0.465 e. The fourth-order valence-corrected chi connectivity index (χ4v) is 4.35. The third kappa shape index (κ3) is 3.89. The molecule has 6 nitrogen and oxygen atoms in total. The van der Waals surface area contributed by atoms with Gasteiger partial charge in [0.05, 0.1) is 12.8 Å². The van der Waals surface area contributed by atoms with Gasteiger partial charge >= 0.3 is 12.0 Å². The predicted molar refractivity (Wildman–Crippen MR) is 94.7 cm³/mol. The number of thiophene rings is 1. The Morgan fingerprint density at radius 2 is 1.88 bits per heavy atom. The molecule has 0 unspecified atom stereocenters. The van der Waals surface area contributed by atoms with Crippen LogP contribution in [0.2, 0.25) is 0 Å². The summed E-state index contributed by atoms with van der Waals surface area (Å²) in [6, 6.07) is 2.31. The highest BCUT2D eigenvalue weighted by Crippen LogP contribution is 2.25. The summed E-state index contributed by atoms with van der Waals surface area (Å²) in [5, 5.41) is 4.63. The van der Waals surface area contributed by atoms with E-state index in [4.69, 9.17) is 4.74 Å². The van der Waals surface area contributed by atoms with E-state index in [0.717, 1.165) is 26.2 Å². The van der Waals surface area contributed by atoms with Gasteiger partial charge in [0.1, 0.15) is 4.88 Å². The molecular weight excluding hydrogens is 326 g/mol. The molecule has 1 saturated heterocycles. The molecule has 1 aliphatic carbocycles. The molecule has 7 heteroatoms. The first-order chi connectivity index (χ1) is 11.7. The Morgan fingerprint density at radius 3 is 2.54 bits per heavy atom. The molecule has 1 N–H and O–H groups in total. The van der Waals surface area contributed by atoms with E-state index in [1.165, 1.54) is 50.6 Å². The van der Waals surface area contributed by atoms with Gasteiger partial charge in [-0.15, -0.1) is 11.3 Å². The zero-order chi connectivity index (χ0) is 16.9. The smallest absolute Gasteiger partial charge is 0.350 e. The molecule has 132 valence electrons. The van der Waals surface area contributed by atoms with E-state index in [2.05, 4.69) is 10.2 Å². The van der Waals surface area contributed by atoms with Crippen molar-refractivity contribution >= 4 is 29.0 Å². The summed E-state index contributed by atoms with van der Waals surface area (Å²) in [5.41, 5.74) is 0.534. The molecule has 1 aromatic heterocycles. The number of carbonyl (C=O) groups excluding carboxylic acids is 2. The number of rotatable bonds is 3. The molecule has 1 aliphatic heterocycles. The zero-order valence-corrected chi connectivity index (χ0v) is 14.9. The topological polar surface area (TPSA) is 61.9 Å². The molecule has 2 heterocycles. The van der Waals surface area contributed by atoms with Crippen molar-refractivity contribution in [2.75, 3.05) is 38.6 Å². The largest absolute Gasteiger partial charge is 0.465 e. The van der Waals surface area contributed by atoms with Crippen molar-refractivity contribution in [3.05, 3.63) is 16.3 Å². The van der Waals surface area contributed by atoms with E-state index < -0.39 is 5.97 Å². The van der Waals surface area contributed by atoms with Crippen LogP contribution in [0.5, 0.6) is 0 Å². The number of hydrogen-bond donors (Lipinski definition) is 1. The number of nitrogens with one attached hydrogen (secondary N) is 1. The summed E-state index contributed by atoms with van der Waals surface area (Å²) in [7, 11) is 1.35. The quantitative estimate of drug-likeness (QED) is 0.851. The first kappa shape index (κ1) is 17.2. The number of amides is 2. The number of urea groups is 1. The molecular formula is C17H25N3O3S. The number of piperazine rings is 1. The van der Waals surface area contributed by atoms with Gasteiger partial charge in [-0.25, -0.2) is 9.59 Å². The van der Waals surface area contributed by atoms with Crippen molar-refractivity contribution < 1.29 is 14.3 Å². The molecule has 1 aromatic rings.